The summed E-state index contributed by atoms with van der Waals surface area (Å²) in [6.07, 6.45) is 1.28. The molecule has 2 fully saturated rings. The molecule has 4 rings (SSSR count). The van der Waals surface area contributed by atoms with Crippen LogP contribution in [0.3, 0.4) is 0 Å². The molecule has 0 saturated carbocycles. The minimum atomic E-state index is -3.79. The Morgan fingerprint density at radius 1 is 1.03 bits per heavy atom. The summed E-state index contributed by atoms with van der Waals surface area (Å²) in [5.74, 6) is -0.244. The standard InChI is InChI=1S/C24H29N3O5S/c1-18-9-10-20(16-22(18)33(30,31)25-17-19-6-3-2-4-7-19)23(28)26-11-13-27(14-12-26)24(29)21-8-5-15-32-21/h2-4,6-7,9-10,16,21,25H,5,8,11-15,17H2,1H3. The number of nitrogens with one attached hydrogen (secondary N) is 1. The number of carbonyl (C=O) groups is 2. The number of ether oxygens (including phenoxy) is 1. The van der Waals surface area contributed by atoms with Crippen molar-refractivity contribution in [2.75, 3.05) is 32.8 Å². The van der Waals surface area contributed by atoms with Crippen molar-refractivity contribution < 1.29 is 22.7 Å². The van der Waals surface area contributed by atoms with Gasteiger partial charge >= 0.3 is 0 Å². The molecule has 8 nitrogen and oxygen atoms in total. The predicted molar refractivity (Wildman–Crippen MR) is 123 cm³/mol. The molecule has 2 aliphatic heterocycles. The van der Waals surface area contributed by atoms with Crippen LogP contribution in [0.1, 0.15) is 34.3 Å². The van der Waals surface area contributed by atoms with Gasteiger partial charge in [0.15, 0.2) is 0 Å². The average Bonchev–Trinajstić information content (AvgIpc) is 3.38. The Labute approximate surface area is 194 Å². The van der Waals surface area contributed by atoms with E-state index in [4.69, 9.17) is 4.74 Å². The molecule has 33 heavy (non-hydrogen) atoms. The van der Waals surface area contributed by atoms with Crippen molar-refractivity contribution in [3.8, 4) is 0 Å². The maximum absolute atomic E-state index is 13.1. The monoisotopic (exact) mass is 471 g/mol. The Balaban J connectivity index is 1.41. The highest BCUT2D eigenvalue weighted by molar-refractivity contribution is 7.89. The Kier molecular flexibility index (Phi) is 7.11. The number of carbonyl (C=O) groups excluding carboxylic acids is 2. The lowest BCUT2D eigenvalue weighted by Crippen LogP contribution is -2.52. The van der Waals surface area contributed by atoms with Crippen LogP contribution in [0.4, 0.5) is 0 Å². The van der Waals surface area contributed by atoms with E-state index in [9.17, 15) is 18.0 Å². The third-order valence-electron chi connectivity index (χ3n) is 6.12. The summed E-state index contributed by atoms with van der Waals surface area (Å²) >= 11 is 0. The molecule has 1 atom stereocenters. The number of aryl methyl sites for hydroxylation is 1. The first-order valence-corrected chi connectivity index (χ1v) is 12.7. The van der Waals surface area contributed by atoms with Gasteiger partial charge in [-0.05, 0) is 43.0 Å². The Morgan fingerprint density at radius 3 is 2.39 bits per heavy atom. The lowest BCUT2D eigenvalue weighted by molar-refractivity contribution is -0.142. The molecule has 2 saturated heterocycles. The van der Waals surface area contributed by atoms with E-state index in [0.29, 0.717) is 43.9 Å². The van der Waals surface area contributed by atoms with Gasteiger partial charge in [0.05, 0.1) is 4.90 Å². The van der Waals surface area contributed by atoms with Crippen LogP contribution in [0.5, 0.6) is 0 Å². The van der Waals surface area contributed by atoms with Gasteiger partial charge in [0.2, 0.25) is 10.0 Å². The average molecular weight is 472 g/mol. The van der Waals surface area contributed by atoms with Gasteiger partial charge in [-0.15, -0.1) is 0 Å². The van der Waals surface area contributed by atoms with Gasteiger partial charge in [-0.25, -0.2) is 13.1 Å². The predicted octanol–water partition coefficient (Wildman–Crippen LogP) is 1.94. The van der Waals surface area contributed by atoms with Gasteiger partial charge in [-0.1, -0.05) is 36.4 Å². The van der Waals surface area contributed by atoms with Crippen molar-refractivity contribution in [2.45, 2.75) is 37.3 Å². The first-order chi connectivity index (χ1) is 15.8. The van der Waals surface area contributed by atoms with Crippen molar-refractivity contribution in [2.24, 2.45) is 0 Å². The molecule has 0 aliphatic carbocycles. The number of rotatable bonds is 6. The molecule has 1 unspecified atom stereocenters. The van der Waals surface area contributed by atoms with Crippen LogP contribution in [0.2, 0.25) is 0 Å². The minimum Gasteiger partial charge on any atom is -0.368 e. The molecule has 9 heteroatoms. The third-order valence-corrected chi connectivity index (χ3v) is 7.66. The summed E-state index contributed by atoms with van der Waals surface area (Å²) in [6, 6.07) is 14.0. The van der Waals surface area contributed by atoms with E-state index in [1.54, 1.807) is 28.9 Å². The van der Waals surface area contributed by atoms with Gasteiger partial charge in [-0.2, -0.15) is 0 Å². The molecule has 2 aliphatic rings. The molecule has 2 aromatic carbocycles. The Morgan fingerprint density at radius 2 is 1.73 bits per heavy atom. The van der Waals surface area contributed by atoms with Crippen molar-refractivity contribution >= 4 is 21.8 Å². The minimum absolute atomic E-state index is 0.00666. The second-order valence-electron chi connectivity index (χ2n) is 8.41. The zero-order chi connectivity index (χ0) is 23.4. The van der Waals surface area contributed by atoms with Gasteiger partial charge in [0, 0.05) is 44.9 Å². The number of amides is 2. The molecule has 176 valence electrons. The largest absolute Gasteiger partial charge is 0.368 e. The number of piperazine rings is 1. The topological polar surface area (TPSA) is 96.0 Å². The van der Waals surface area contributed by atoms with Gasteiger partial charge < -0.3 is 14.5 Å². The SMILES string of the molecule is Cc1ccc(C(=O)N2CCN(C(=O)C3CCCO3)CC2)cc1S(=O)(=O)NCc1ccccc1. The smallest absolute Gasteiger partial charge is 0.254 e. The maximum Gasteiger partial charge on any atom is 0.254 e. The molecule has 0 spiro atoms. The summed E-state index contributed by atoms with van der Waals surface area (Å²) < 4.78 is 34.0. The first kappa shape index (κ1) is 23.4. The molecule has 2 aromatic rings. The summed E-state index contributed by atoms with van der Waals surface area (Å²) in [4.78, 5) is 29.1. The van der Waals surface area contributed by atoms with Crippen LogP contribution in [0, 0.1) is 6.92 Å². The molecule has 0 bridgehead atoms. The second kappa shape index (κ2) is 10.0. The normalized spacial score (nSPS) is 19.0. The lowest BCUT2D eigenvalue weighted by atomic mass is 10.1. The van der Waals surface area contributed by atoms with Crippen molar-refractivity contribution in [1.29, 1.82) is 0 Å². The zero-order valence-corrected chi connectivity index (χ0v) is 19.5. The Hall–Kier alpha value is -2.75. The maximum atomic E-state index is 13.1. The van der Waals surface area contributed by atoms with Crippen LogP contribution in [-0.4, -0.2) is 68.9 Å². The highest BCUT2D eigenvalue weighted by Crippen LogP contribution is 2.20. The highest BCUT2D eigenvalue weighted by atomic mass is 32.2. The molecule has 1 N–H and O–H groups in total. The highest BCUT2D eigenvalue weighted by Gasteiger charge is 2.32. The second-order valence-corrected chi connectivity index (χ2v) is 10.1. The van der Waals surface area contributed by atoms with Crippen molar-refractivity contribution in [3.05, 3.63) is 65.2 Å². The third kappa shape index (κ3) is 5.43. The summed E-state index contributed by atoms with van der Waals surface area (Å²) in [5.41, 5.74) is 1.74. The molecular weight excluding hydrogens is 442 g/mol. The first-order valence-electron chi connectivity index (χ1n) is 11.2. The molecule has 2 amide bonds. The number of hydrogen-bond acceptors (Lipinski definition) is 5. The Bertz CT molecular complexity index is 1110. The summed E-state index contributed by atoms with van der Waals surface area (Å²) in [7, 11) is -3.79. The van der Waals surface area contributed by atoms with Crippen LogP contribution in [0.15, 0.2) is 53.4 Å². The molecule has 0 radical (unpaired) electrons. The van der Waals surface area contributed by atoms with Crippen LogP contribution < -0.4 is 4.72 Å². The zero-order valence-electron chi connectivity index (χ0n) is 18.7. The molecule has 2 heterocycles. The van der Waals surface area contributed by atoms with Crippen LogP contribution >= 0.6 is 0 Å². The van der Waals surface area contributed by atoms with Crippen molar-refractivity contribution in [3.63, 3.8) is 0 Å². The van der Waals surface area contributed by atoms with Crippen LogP contribution in [0.25, 0.3) is 0 Å². The molecule has 0 aromatic heterocycles. The van der Waals surface area contributed by atoms with Gasteiger partial charge in [-0.3, -0.25) is 9.59 Å². The van der Waals surface area contributed by atoms with E-state index in [0.717, 1.165) is 18.4 Å². The van der Waals surface area contributed by atoms with Crippen LogP contribution in [-0.2, 0) is 26.1 Å². The fraction of sp³-hybridized carbons (Fsp3) is 0.417. The van der Waals surface area contributed by atoms with E-state index in [-0.39, 0.29) is 29.4 Å². The van der Waals surface area contributed by atoms with E-state index >= 15 is 0 Å². The van der Waals surface area contributed by atoms with E-state index in [2.05, 4.69) is 4.72 Å². The van der Waals surface area contributed by atoms with E-state index < -0.39 is 10.0 Å². The number of nitrogens with zero attached hydrogens (tertiary/aromatic N) is 2. The fourth-order valence-electron chi connectivity index (χ4n) is 4.16. The van der Waals surface area contributed by atoms with Gasteiger partial charge in [0.25, 0.3) is 11.8 Å². The lowest BCUT2D eigenvalue weighted by Gasteiger charge is -2.35. The quantitative estimate of drug-likeness (QED) is 0.695. The molecular formula is C24H29N3O5S. The van der Waals surface area contributed by atoms with Crippen molar-refractivity contribution in [1.82, 2.24) is 14.5 Å². The van der Waals surface area contributed by atoms with E-state index in [1.807, 2.05) is 30.3 Å². The number of benzene rings is 2. The number of sulfonamides is 1. The van der Waals surface area contributed by atoms with E-state index in [1.165, 1.54) is 6.07 Å². The summed E-state index contributed by atoms with van der Waals surface area (Å²) in [5, 5.41) is 0. The fourth-order valence-corrected chi connectivity index (χ4v) is 5.45. The van der Waals surface area contributed by atoms with Gasteiger partial charge in [0.1, 0.15) is 6.10 Å². The number of hydrogen-bond donors (Lipinski definition) is 1. The summed E-state index contributed by atoms with van der Waals surface area (Å²) in [6.45, 7) is 4.19.